The van der Waals surface area contributed by atoms with E-state index in [0.29, 0.717) is 6.04 Å². The SMILES string of the molecule is c1ccc(OCCN2CCN3c4cccc5scc(c45)CC3C2)cc1. The summed E-state index contributed by atoms with van der Waals surface area (Å²) in [6, 6.07) is 17.5. The third-order valence-corrected chi connectivity index (χ3v) is 6.40. The molecular formula is C21H22N2OS. The highest BCUT2D eigenvalue weighted by molar-refractivity contribution is 7.17. The molecule has 128 valence electrons. The molecule has 25 heavy (non-hydrogen) atoms. The maximum absolute atomic E-state index is 5.88. The normalized spacial score (nSPS) is 19.8. The number of benzene rings is 2. The van der Waals surface area contributed by atoms with Crippen LogP contribution < -0.4 is 9.64 Å². The summed E-state index contributed by atoms with van der Waals surface area (Å²) in [7, 11) is 0. The van der Waals surface area contributed by atoms with E-state index in [9.17, 15) is 0 Å². The summed E-state index contributed by atoms with van der Waals surface area (Å²) in [6.07, 6.45) is 1.17. The average Bonchev–Trinajstić information content (AvgIpc) is 3.07. The number of hydrogen-bond acceptors (Lipinski definition) is 4. The second-order valence-corrected chi connectivity index (χ2v) is 7.84. The lowest BCUT2D eigenvalue weighted by molar-refractivity contribution is 0.179. The van der Waals surface area contributed by atoms with Crippen LogP contribution in [0.1, 0.15) is 5.56 Å². The molecule has 3 aromatic rings. The van der Waals surface area contributed by atoms with Gasteiger partial charge in [-0.25, -0.2) is 0 Å². The van der Waals surface area contributed by atoms with Crippen LogP contribution in [0.2, 0.25) is 0 Å². The van der Waals surface area contributed by atoms with Crippen LogP contribution in [0.3, 0.4) is 0 Å². The molecule has 3 heterocycles. The number of hydrogen-bond donors (Lipinski definition) is 0. The summed E-state index contributed by atoms with van der Waals surface area (Å²) in [6.45, 7) is 5.12. The van der Waals surface area contributed by atoms with Gasteiger partial charge in [-0.2, -0.15) is 0 Å². The number of ether oxygens (including phenoxy) is 1. The van der Waals surface area contributed by atoms with Crippen LogP contribution in [-0.2, 0) is 6.42 Å². The molecule has 1 unspecified atom stereocenters. The molecule has 5 rings (SSSR count). The Kier molecular flexibility index (Phi) is 3.87. The fourth-order valence-corrected chi connectivity index (χ4v) is 5.20. The molecule has 1 aromatic heterocycles. The largest absolute Gasteiger partial charge is 0.492 e. The lowest BCUT2D eigenvalue weighted by atomic mass is 9.94. The number of para-hydroxylation sites is 1. The zero-order chi connectivity index (χ0) is 16.6. The highest BCUT2D eigenvalue weighted by Crippen LogP contribution is 2.40. The van der Waals surface area contributed by atoms with Crippen molar-refractivity contribution in [2.75, 3.05) is 37.7 Å². The molecule has 1 saturated heterocycles. The molecule has 0 saturated carbocycles. The Bertz CT molecular complexity index is 876. The van der Waals surface area contributed by atoms with Gasteiger partial charge in [0.15, 0.2) is 0 Å². The molecule has 0 spiro atoms. The van der Waals surface area contributed by atoms with Gasteiger partial charge in [-0.1, -0.05) is 24.3 Å². The molecule has 0 radical (unpaired) electrons. The first-order chi connectivity index (χ1) is 12.4. The zero-order valence-corrected chi connectivity index (χ0v) is 15.0. The van der Waals surface area contributed by atoms with E-state index in [1.807, 2.05) is 41.7 Å². The highest BCUT2D eigenvalue weighted by Gasteiger charge is 2.32. The zero-order valence-electron chi connectivity index (χ0n) is 14.2. The number of rotatable bonds is 4. The van der Waals surface area contributed by atoms with Crippen molar-refractivity contribution in [2.24, 2.45) is 0 Å². The standard InChI is InChI=1S/C21H22N2OS/c1-2-5-18(6-3-1)24-12-11-22-9-10-23-17(14-22)13-16-15-25-20-8-4-7-19(23)21(16)20/h1-8,15,17H,9-14H2. The van der Waals surface area contributed by atoms with Crippen LogP contribution in [-0.4, -0.2) is 43.7 Å². The molecule has 0 N–H and O–H groups in total. The Hall–Kier alpha value is -2.04. The van der Waals surface area contributed by atoms with Crippen molar-refractivity contribution in [3.63, 3.8) is 0 Å². The van der Waals surface area contributed by atoms with Gasteiger partial charge in [0.05, 0.1) is 0 Å². The number of piperazine rings is 1. The summed E-state index contributed by atoms with van der Waals surface area (Å²) in [5.41, 5.74) is 2.99. The van der Waals surface area contributed by atoms with E-state index in [1.165, 1.54) is 22.2 Å². The number of nitrogens with zero attached hydrogens (tertiary/aromatic N) is 2. The van der Waals surface area contributed by atoms with E-state index in [2.05, 4.69) is 33.4 Å². The van der Waals surface area contributed by atoms with Crippen LogP contribution >= 0.6 is 11.3 Å². The molecule has 0 aliphatic carbocycles. The third-order valence-electron chi connectivity index (χ3n) is 5.40. The van der Waals surface area contributed by atoms with Crippen molar-refractivity contribution in [1.82, 2.24) is 4.90 Å². The number of anilines is 1. The number of fused-ring (bicyclic) bond motifs is 2. The maximum atomic E-state index is 5.88. The molecule has 3 nitrogen and oxygen atoms in total. The van der Waals surface area contributed by atoms with Gasteiger partial charge in [0.1, 0.15) is 12.4 Å². The lowest BCUT2D eigenvalue weighted by Gasteiger charge is -2.45. The first kappa shape index (κ1) is 15.2. The Morgan fingerprint density at radius 2 is 1.96 bits per heavy atom. The van der Waals surface area contributed by atoms with Crippen molar-refractivity contribution in [2.45, 2.75) is 12.5 Å². The van der Waals surface area contributed by atoms with Crippen LogP contribution in [0.4, 0.5) is 5.69 Å². The van der Waals surface area contributed by atoms with E-state index in [0.717, 1.165) is 38.5 Å². The quantitative estimate of drug-likeness (QED) is 0.707. The molecule has 1 fully saturated rings. The van der Waals surface area contributed by atoms with Gasteiger partial charge >= 0.3 is 0 Å². The molecule has 2 aliphatic rings. The van der Waals surface area contributed by atoms with E-state index >= 15 is 0 Å². The fraction of sp³-hybridized carbons (Fsp3) is 0.333. The molecule has 1 atom stereocenters. The summed E-state index contributed by atoms with van der Waals surface area (Å²) < 4.78 is 7.32. The molecule has 2 aromatic carbocycles. The molecule has 0 bridgehead atoms. The Morgan fingerprint density at radius 1 is 1.04 bits per heavy atom. The van der Waals surface area contributed by atoms with Crippen molar-refractivity contribution < 1.29 is 4.74 Å². The van der Waals surface area contributed by atoms with Gasteiger partial charge in [0, 0.05) is 48.0 Å². The Labute approximate surface area is 152 Å². The van der Waals surface area contributed by atoms with Crippen LogP contribution in [0, 0.1) is 0 Å². The molecule has 4 heteroatoms. The van der Waals surface area contributed by atoms with Gasteiger partial charge in [-0.3, -0.25) is 4.90 Å². The van der Waals surface area contributed by atoms with E-state index < -0.39 is 0 Å². The third kappa shape index (κ3) is 2.79. The van der Waals surface area contributed by atoms with E-state index in [1.54, 1.807) is 5.56 Å². The minimum Gasteiger partial charge on any atom is -0.492 e. The highest BCUT2D eigenvalue weighted by atomic mass is 32.1. The van der Waals surface area contributed by atoms with E-state index in [-0.39, 0.29) is 0 Å². The first-order valence-corrected chi connectivity index (χ1v) is 9.92. The average molecular weight is 350 g/mol. The summed E-state index contributed by atoms with van der Waals surface area (Å²) in [5, 5.41) is 3.87. The molecule has 0 amide bonds. The minimum atomic E-state index is 0.596. The molecular weight excluding hydrogens is 328 g/mol. The maximum Gasteiger partial charge on any atom is 0.119 e. The Morgan fingerprint density at radius 3 is 2.88 bits per heavy atom. The van der Waals surface area contributed by atoms with Crippen molar-refractivity contribution in [3.05, 3.63) is 59.5 Å². The fourth-order valence-electron chi connectivity index (χ4n) is 4.20. The lowest BCUT2D eigenvalue weighted by Crippen LogP contribution is -2.55. The van der Waals surface area contributed by atoms with Crippen molar-refractivity contribution >= 4 is 27.1 Å². The second-order valence-electron chi connectivity index (χ2n) is 6.92. The Balaban J connectivity index is 1.25. The van der Waals surface area contributed by atoms with Crippen LogP contribution in [0.5, 0.6) is 5.75 Å². The first-order valence-electron chi connectivity index (χ1n) is 9.04. The van der Waals surface area contributed by atoms with Gasteiger partial charge < -0.3 is 9.64 Å². The van der Waals surface area contributed by atoms with Gasteiger partial charge in [-0.15, -0.1) is 11.3 Å². The van der Waals surface area contributed by atoms with Gasteiger partial charge in [0.2, 0.25) is 0 Å². The van der Waals surface area contributed by atoms with E-state index in [4.69, 9.17) is 4.74 Å². The minimum absolute atomic E-state index is 0.596. The van der Waals surface area contributed by atoms with Crippen molar-refractivity contribution in [3.8, 4) is 5.75 Å². The van der Waals surface area contributed by atoms with Crippen molar-refractivity contribution in [1.29, 1.82) is 0 Å². The smallest absolute Gasteiger partial charge is 0.119 e. The monoisotopic (exact) mass is 350 g/mol. The van der Waals surface area contributed by atoms with Crippen LogP contribution in [0.25, 0.3) is 10.1 Å². The van der Waals surface area contributed by atoms with Gasteiger partial charge in [-0.05, 0) is 41.6 Å². The summed E-state index contributed by atoms with van der Waals surface area (Å²) in [4.78, 5) is 5.19. The predicted octanol–water partition coefficient (Wildman–Crippen LogP) is 4.03. The van der Waals surface area contributed by atoms with Crippen LogP contribution in [0.15, 0.2) is 53.9 Å². The second kappa shape index (κ2) is 6.36. The summed E-state index contributed by atoms with van der Waals surface area (Å²) >= 11 is 1.89. The molecule has 2 aliphatic heterocycles. The summed E-state index contributed by atoms with van der Waals surface area (Å²) in [5.74, 6) is 0.966. The van der Waals surface area contributed by atoms with Gasteiger partial charge in [0.25, 0.3) is 0 Å². The predicted molar refractivity (Wildman–Crippen MR) is 105 cm³/mol. The topological polar surface area (TPSA) is 15.7 Å². The number of thiophene rings is 1.